The predicted molar refractivity (Wildman–Crippen MR) is 67.5 cm³/mol. The number of hydrogen-bond donors (Lipinski definition) is 0. The van der Waals surface area contributed by atoms with Crippen molar-refractivity contribution in [1.29, 1.82) is 0 Å². The third-order valence-corrected chi connectivity index (χ3v) is 2.72. The van der Waals surface area contributed by atoms with Crippen LogP contribution in [0.2, 0.25) is 0 Å². The van der Waals surface area contributed by atoms with E-state index in [9.17, 15) is 24.1 Å². The van der Waals surface area contributed by atoms with E-state index < -0.39 is 28.0 Å². The fraction of sp³-hybridized carbons (Fsp3) is 0.0769. The van der Waals surface area contributed by atoms with Gasteiger partial charge in [-0.15, -0.1) is 0 Å². The van der Waals surface area contributed by atoms with Gasteiger partial charge in [0.05, 0.1) is 12.0 Å². The van der Waals surface area contributed by atoms with E-state index in [1.165, 1.54) is 12.1 Å². The summed E-state index contributed by atoms with van der Waals surface area (Å²) in [5, 5.41) is 10.7. The van der Waals surface area contributed by atoms with Gasteiger partial charge in [-0.05, 0) is 18.2 Å². The molecule has 108 valence electrons. The number of aldehydes is 1. The molecule has 0 saturated heterocycles. The second kappa shape index (κ2) is 5.53. The maximum atomic E-state index is 14.1. The van der Waals surface area contributed by atoms with Crippen LogP contribution < -0.4 is 0 Å². The largest absolute Gasteiger partial charge is 0.465 e. The number of nitro benzene ring substituents is 1. The number of benzene rings is 1. The molecule has 0 aliphatic carbocycles. The van der Waals surface area contributed by atoms with Crippen LogP contribution in [0.5, 0.6) is 0 Å². The lowest BCUT2D eigenvalue weighted by molar-refractivity contribution is -0.387. The average molecular weight is 293 g/mol. The highest BCUT2D eigenvalue weighted by Crippen LogP contribution is 2.32. The number of ether oxygens (including phenoxy) is 1. The van der Waals surface area contributed by atoms with E-state index >= 15 is 0 Å². The molecule has 7 nitrogen and oxygen atoms in total. The van der Waals surface area contributed by atoms with Crippen LogP contribution in [-0.4, -0.2) is 24.3 Å². The van der Waals surface area contributed by atoms with Crippen molar-refractivity contribution in [3.8, 4) is 11.3 Å². The molecule has 1 aromatic heterocycles. The first-order valence-electron chi connectivity index (χ1n) is 5.60. The van der Waals surface area contributed by atoms with E-state index in [0.717, 1.165) is 19.2 Å². The third-order valence-electron chi connectivity index (χ3n) is 2.72. The van der Waals surface area contributed by atoms with Crippen molar-refractivity contribution in [3.05, 3.63) is 51.5 Å². The highest BCUT2D eigenvalue weighted by Gasteiger charge is 2.28. The molecule has 0 atom stereocenters. The summed E-state index contributed by atoms with van der Waals surface area (Å²) in [6, 6.07) is 4.72. The van der Waals surface area contributed by atoms with Gasteiger partial charge in [0.15, 0.2) is 12.0 Å². The van der Waals surface area contributed by atoms with Crippen LogP contribution in [0.3, 0.4) is 0 Å². The topological polar surface area (TPSA) is 99.7 Å². The molecule has 0 amide bonds. The number of nitro groups is 1. The summed E-state index contributed by atoms with van der Waals surface area (Å²) in [6.45, 7) is 0. The molecule has 0 spiro atoms. The fourth-order valence-corrected chi connectivity index (χ4v) is 1.77. The number of nitrogens with zero attached hydrogens (tertiary/aromatic N) is 1. The summed E-state index contributed by atoms with van der Waals surface area (Å²) in [5.41, 5.74) is -1.53. The number of carbonyl (C=O) groups excluding carboxylic acids is 2. The van der Waals surface area contributed by atoms with Crippen molar-refractivity contribution < 1.29 is 28.1 Å². The second-order valence-electron chi connectivity index (χ2n) is 3.89. The lowest BCUT2D eigenvalue weighted by Gasteiger charge is -2.07. The number of carbonyl (C=O) groups is 2. The van der Waals surface area contributed by atoms with Crippen molar-refractivity contribution in [2.45, 2.75) is 0 Å². The first kappa shape index (κ1) is 14.4. The second-order valence-corrected chi connectivity index (χ2v) is 3.89. The molecular formula is C13H8FNO6. The predicted octanol–water partition coefficient (Wildman–Crippen LogP) is 2.59. The Bertz CT molecular complexity index is 736. The van der Waals surface area contributed by atoms with Crippen LogP contribution in [0.1, 0.15) is 20.9 Å². The maximum Gasteiger partial charge on any atom is 0.341 e. The number of furan rings is 1. The number of rotatable bonds is 4. The number of esters is 1. The van der Waals surface area contributed by atoms with Crippen molar-refractivity contribution in [3.63, 3.8) is 0 Å². The minimum absolute atomic E-state index is 0.0197. The lowest BCUT2D eigenvalue weighted by Crippen LogP contribution is -2.09. The molecule has 0 aliphatic rings. The molecule has 0 fully saturated rings. The van der Waals surface area contributed by atoms with Gasteiger partial charge in [-0.25, -0.2) is 4.79 Å². The van der Waals surface area contributed by atoms with Gasteiger partial charge in [0.2, 0.25) is 5.82 Å². The standard InChI is InChI=1S/C13H8FNO6/c1-20-13(17)11-8(10-5-2-7(6-16)21-10)3-4-9(12(11)14)15(18)19/h2-6H,1H3. The molecule has 8 heteroatoms. The minimum Gasteiger partial charge on any atom is -0.465 e. The van der Waals surface area contributed by atoms with E-state index in [1.54, 1.807) is 0 Å². The Morgan fingerprint density at radius 1 is 1.38 bits per heavy atom. The van der Waals surface area contributed by atoms with Crippen molar-refractivity contribution in [2.24, 2.45) is 0 Å². The van der Waals surface area contributed by atoms with Crippen molar-refractivity contribution >= 4 is 17.9 Å². The van der Waals surface area contributed by atoms with Gasteiger partial charge in [0, 0.05) is 11.6 Å². The summed E-state index contributed by atoms with van der Waals surface area (Å²) in [7, 11) is 1.02. The van der Waals surface area contributed by atoms with E-state index in [-0.39, 0.29) is 17.1 Å². The van der Waals surface area contributed by atoms with Gasteiger partial charge >= 0.3 is 11.7 Å². The van der Waals surface area contributed by atoms with Crippen molar-refractivity contribution in [2.75, 3.05) is 7.11 Å². The third kappa shape index (κ3) is 2.50. The molecule has 0 bridgehead atoms. The summed E-state index contributed by atoms with van der Waals surface area (Å²) in [6.07, 6.45) is 0.434. The zero-order valence-corrected chi connectivity index (χ0v) is 10.7. The van der Waals surface area contributed by atoms with Gasteiger partial charge in [0.25, 0.3) is 0 Å². The zero-order valence-electron chi connectivity index (χ0n) is 10.7. The van der Waals surface area contributed by atoms with Gasteiger partial charge < -0.3 is 9.15 Å². The summed E-state index contributed by atoms with van der Waals surface area (Å²) >= 11 is 0. The van der Waals surface area contributed by atoms with Gasteiger partial charge in [0.1, 0.15) is 11.3 Å². The lowest BCUT2D eigenvalue weighted by atomic mass is 10.0. The highest BCUT2D eigenvalue weighted by molar-refractivity contribution is 5.97. The van der Waals surface area contributed by atoms with Gasteiger partial charge in [-0.2, -0.15) is 4.39 Å². The molecule has 1 heterocycles. The van der Waals surface area contributed by atoms with Crippen molar-refractivity contribution in [1.82, 2.24) is 0 Å². The fourth-order valence-electron chi connectivity index (χ4n) is 1.77. The summed E-state index contributed by atoms with van der Waals surface area (Å²) in [5.74, 6) is -2.42. The van der Waals surface area contributed by atoms with Gasteiger partial charge in [-0.1, -0.05) is 0 Å². The van der Waals surface area contributed by atoms with E-state index in [4.69, 9.17) is 4.42 Å². The molecular weight excluding hydrogens is 285 g/mol. The Labute approximate surface area is 117 Å². The molecule has 21 heavy (non-hydrogen) atoms. The molecule has 0 aliphatic heterocycles. The maximum absolute atomic E-state index is 14.1. The van der Waals surface area contributed by atoms with Crippen LogP contribution in [0.15, 0.2) is 28.7 Å². The van der Waals surface area contributed by atoms with E-state index in [2.05, 4.69) is 4.74 Å². The quantitative estimate of drug-likeness (QED) is 0.372. The Kier molecular flexibility index (Phi) is 3.79. The van der Waals surface area contributed by atoms with Crippen LogP contribution in [0.25, 0.3) is 11.3 Å². The van der Waals surface area contributed by atoms with E-state index in [1.807, 2.05) is 0 Å². The first-order valence-corrected chi connectivity index (χ1v) is 5.60. The van der Waals surface area contributed by atoms with Crippen LogP contribution >= 0.6 is 0 Å². The number of halogens is 1. The zero-order chi connectivity index (χ0) is 15.6. The summed E-state index contributed by atoms with van der Waals surface area (Å²) < 4.78 is 23.7. The Morgan fingerprint density at radius 3 is 2.62 bits per heavy atom. The monoisotopic (exact) mass is 293 g/mol. The Morgan fingerprint density at radius 2 is 2.10 bits per heavy atom. The van der Waals surface area contributed by atoms with Crippen LogP contribution in [0.4, 0.5) is 10.1 Å². The van der Waals surface area contributed by atoms with E-state index in [0.29, 0.717) is 6.29 Å². The summed E-state index contributed by atoms with van der Waals surface area (Å²) in [4.78, 5) is 32.0. The molecule has 1 aromatic carbocycles. The minimum atomic E-state index is -1.33. The average Bonchev–Trinajstić information content (AvgIpc) is 2.94. The molecule has 2 aromatic rings. The van der Waals surface area contributed by atoms with Gasteiger partial charge in [-0.3, -0.25) is 14.9 Å². The molecule has 0 saturated carbocycles. The molecule has 0 radical (unpaired) electrons. The number of hydrogen-bond acceptors (Lipinski definition) is 6. The Balaban J connectivity index is 2.70. The Hall–Kier alpha value is -3.03. The van der Waals surface area contributed by atoms with Crippen LogP contribution in [0, 0.1) is 15.9 Å². The number of methoxy groups -OCH3 is 1. The molecule has 0 unspecified atom stereocenters. The first-order chi connectivity index (χ1) is 9.99. The normalized spacial score (nSPS) is 10.2. The highest BCUT2D eigenvalue weighted by atomic mass is 19.1. The molecule has 2 rings (SSSR count). The smallest absolute Gasteiger partial charge is 0.341 e. The van der Waals surface area contributed by atoms with Crippen LogP contribution in [-0.2, 0) is 4.74 Å². The SMILES string of the molecule is COC(=O)c1c(-c2ccc(C=O)o2)ccc([N+](=O)[O-])c1F. The molecule has 0 N–H and O–H groups in total.